The van der Waals surface area contributed by atoms with Crippen LogP contribution in [-0.2, 0) is 5.60 Å². The Labute approximate surface area is 84.9 Å². The van der Waals surface area contributed by atoms with Gasteiger partial charge in [-0.05, 0) is 31.9 Å². The third kappa shape index (κ3) is 2.32. The smallest absolute Gasteiger partial charge is 0.101 e. The van der Waals surface area contributed by atoms with Crippen molar-refractivity contribution >= 4 is 0 Å². The summed E-state index contributed by atoms with van der Waals surface area (Å²) in [6.07, 6.45) is 0. The number of hydrogen-bond acceptors (Lipinski definition) is 3. The van der Waals surface area contributed by atoms with E-state index in [1.54, 1.807) is 6.92 Å². The summed E-state index contributed by atoms with van der Waals surface area (Å²) in [4.78, 5) is 0. The van der Waals surface area contributed by atoms with Crippen LogP contribution in [0.3, 0.4) is 0 Å². The van der Waals surface area contributed by atoms with Crippen LogP contribution in [0.4, 0.5) is 0 Å². The molecule has 1 unspecified atom stereocenters. The Morgan fingerprint density at radius 1 is 1.43 bits per heavy atom. The summed E-state index contributed by atoms with van der Waals surface area (Å²) < 4.78 is 0. The van der Waals surface area contributed by atoms with Crippen LogP contribution in [0.2, 0.25) is 0 Å². The number of hydrazine groups is 1. The van der Waals surface area contributed by atoms with Crippen LogP contribution in [0, 0.1) is 13.8 Å². The van der Waals surface area contributed by atoms with E-state index in [0.29, 0.717) is 6.54 Å². The topological polar surface area (TPSA) is 58.3 Å². The molecule has 78 valence electrons. The van der Waals surface area contributed by atoms with Gasteiger partial charge < -0.3 is 5.11 Å². The van der Waals surface area contributed by atoms with Gasteiger partial charge in [-0.3, -0.25) is 11.3 Å². The molecule has 0 fully saturated rings. The van der Waals surface area contributed by atoms with E-state index < -0.39 is 5.60 Å². The van der Waals surface area contributed by atoms with E-state index in [-0.39, 0.29) is 0 Å². The lowest BCUT2D eigenvalue weighted by molar-refractivity contribution is 0.0565. The van der Waals surface area contributed by atoms with Crippen LogP contribution in [-0.4, -0.2) is 11.7 Å². The van der Waals surface area contributed by atoms with Crippen LogP contribution in [0.15, 0.2) is 18.2 Å². The molecule has 3 nitrogen and oxygen atoms in total. The fourth-order valence-electron chi connectivity index (χ4n) is 1.61. The van der Waals surface area contributed by atoms with Crippen molar-refractivity contribution in [2.75, 3.05) is 6.54 Å². The molecule has 14 heavy (non-hydrogen) atoms. The Kier molecular flexibility index (Phi) is 3.26. The Hall–Kier alpha value is -0.900. The van der Waals surface area contributed by atoms with Crippen molar-refractivity contribution in [3.05, 3.63) is 34.9 Å². The molecule has 0 saturated heterocycles. The molecule has 0 aliphatic carbocycles. The van der Waals surface area contributed by atoms with Gasteiger partial charge in [-0.2, -0.15) is 0 Å². The molecule has 0 saturated carbocycles. The minimum atomic E-state index is -0.912. The number of aliphatic hydroxyl groups is 1. The van der Waals surface area contributed by atoms with Crippen molar-refractivity contribution in [3.63, 3.8) is 0 Å². The first-order valence-electron chi connectivity index (χ1n) is 4.71. The zero-order valence-corrected chi connectivity index (χ0v) is 8.96. The van der Waals surface area contributed by atoms with Crippen molar-refractivity contribution in [1.29, 1.82) is 0 Å². The normalized spacial score (nSPS) is 15.2. The van der Waals surface area contributed by atoms with E-state index in [4.69, 9.17) is 5.84 Å². The fraction of sp³-hybridized carbons (Fsp3) is 0.455. The molecule has 1 atom stereocenters. The zero-order chi connectivity index (χ0) is 10.8. The predicted octanol–water partition coefficient (Wildman–Crippen LogP) is 0.974. The van der Waals surface area contributed by atoms with Gasteiger partial charge in [-0.1, -0.05) is 23.8 Å². The Bertz CT molecular complexity index is 321. The minimum absolute atomic E-state index is 0.345. The van der Waals surface area contributed by atoms with Gasteiger partial charge in [-0.25, -0.2) is 0 Å². The molecular formula is C11H18N2O. The molecule has 0 aliphatic heterocycles. The molecule has 0 radical (unpaired) electrons. The van der Waals surface area contributed by atoms with Gasteiger partial charge in [0.15, 0.2) is 0 Å². The molecule has 0 aromatic heterocycles. The van der Waals surface area contributed by atoms with Gasteiger partial charge in [0.1, 0.15) is 5.60 Å². The highest BCUT2D eigenvalue weighted by Crippen LogP contribution is 2.24. The molecule has 1 rings (SSSR count). The molecule has 1 aromatic rings. The maximum Gasteiger partial charge on any atom is 0.101 e. The molecule has 3 heteroatoms. The van der Waals surface area contributed by atoms with Gasteiger partial charge in [-0.15, -0.1) is 0 Å². The third-order valence-corrected chi connectivity index (χ3v) is 2.42. The highest BCUT2D eigenvalue weighted by molar-refractivity contribution is 5.34. The van der Waals surface area contributed by atoms with E-state index in [0.717, 1.165) is 16.7 Å². The number of rotatable bonds is 3. The Balaban J connectivity index is 3.10. The van der Waals surface area contributed by atoms with Gasteiger partial charge in [0.05, 0.1) is 0 Å². The van der Waals surface area contributed by atoms with Gasteiger partial charge in [0, 0.05) is 6.54 Å². The fourth-order valence-corrected chi connectivity index (χ4v) is 1.61. The monoisotopic (exact) mass is 194 g/mol. The van der Waals surface area contributed by atoms with Crippen LogP contribution >= 0.6 is 0 Å². The second kappa shape index (κ2) is 4.09. The van der Waals surface area contributed by atoms with Crippen LogP contribution in [0.25, 0.3) is 0 Å². The van der Waals surface area contributed by atoms with Crippen molar-refractivity contribution < 1.29 is 5.11 Å². The third-order valence-electron chi connectivity index (χ3n) is 2.42. The quantitative estimate of drug-likeness (QED) is 0.496. The summed E-state index contributed by atoms with van der Waals surface area (Å²) in [6.45, 7) is 6.10. The molecular weight excluding hydrogens is 176 g/mol. The summed E-state index contributed by atoms with van der Waals surface area (Å²) >= 11 is 0. The first-order valence-corrected chi connectivity index (χ1v) is 4.71. The van der Waals surface area contributed by atoms with E-state index >= 15 is 0 Å². The lowest BCUT2D eigenvalue weighted by atomic mass is 9.91. The maximum atomic E-state index is 10.1. The Morgan fingerprint density at radius 2 is 2.07 bits per heavy atom. The van der Waals surface area contributed by atoms with Crippen LogP contribution in [0.1, 0.15) is 23.6 Å². The summed E-state index contributed by atoms with van der Waals surface area (Å²) in [7, 11) is 0. The van der Waals surface area contributed by atoms with Crippen molar-refractivity contribution in [1.82, 2.24) is 5.43 Å². The standard InChI is InChI=1S/C11H18N2O/c1-8-4-5-9(2)10(6-8)11(3,14)7-13-12/h4-6,13-14H,7,12H2,1-3H3. The second-order valence-corrected chi connectivity index (χ2v) is 3.97. The maximum absolute atomic E-state index is 10.1. The van der Waals surface area contributed by atoms with E-state index in [2.05, 4.69) is 5.43 Å². The first-order chi connectivity index (χ1) is 6.47. The predicted molar refractivity (Wildman–Crippen MR) is 57.7 cm³/mol. The Morgan fingerprint density at radius 3 is 2.64 bits per heavy atom. The summed E-state index contributed by atoms with van der Waals surface area (Å²) in [5, 5.41) is 10.1. The SMILES string of the molecule is Cc1ccc(C)c(C(C)(O)CNN)c1. The molecule has 0 heterocycles. The second-order valence-electron chi connectivity index (χ2n) is 3.97. The highest BCUT2D eigenvalue weighted by atomic mass is 16.3. The number of aryl methyl sites for hydroxylation is 2. The van der Waals surface area contributed by atoms with E-state index in [1.807, 2.05) is 32.0 Å². The van der Waals surface area contributed by atoms with Gasteiger partial charge in [0.25, 0.3) is 0 Å². The van der Waals surface area contributed by atoms with Crippen molar-refractivity contribution in [2.24, 2.45) is 5.84 Å². The van der Waals surface area contributed by atoms with Gasteiger partial charge >= 0.3 is 0 Å². The summed E-state index contributed by atoms with van der Waals surface area (Å²) in [5.74, 6) is 5.23. The average Bonchev–Trinajstić information content (AvgIpc) is 2.09. The molecule has 0 bridgehead atoms. The van der Waals surface area contributed by atoms with Crippen molar-refractivity contribution in [3.8, 4) is 0 Å². The number of nitrogens with one attached hydrogen (secondary N) is 1. The number of benzene rings is 1. The van der Waals surface area contributed by atoms with Crippen LogP contribution in [0.5, 0.6) is 0 Å². The lowest BCUT2D eigenvalue weighted by Gasteiger charge is -2.25. The van der Waals surface area contributed by atoms with Crippen molar-refractivity contribution in [2.45, 2.75) is 26.4 Å². The van der Waals surface area contributed by atoms with Gasteiger partial charge in [0.2, 0.25) is 0 Å². The molecule has 0 amide bonds. The first kappa shape index (κ1) is 11.2. The number of nitrogens with two attached hydrogens (primary N) is 1. The van der Waals surface area contributed by atoms with Crippen LogP contribution < -0.4 is 11.3 Å². The number of hydrogen-bond donors (Lipinski definition) is 3. The lowest BCUT2D eigenvalue weighted by Crippen LogP contribution is -2.39. The molecule has 0 aliphatic rings. The average molecular weight is 194 g/mol. The molecule has 4 N–H and O–H groups in total. The highest BCUT2D eigenvalue weighted by Gasteiger charge is 2.23. The molecule has 0 spiro atoms. The van der Waals surface area contributed by atoms with E-state index in [1.165, 1.54) is 0 Å². The summed E-state index contributed by atoms with van der Waals surface area (Å²) in [5.41, 5.74) is 4.74. The largest absolute Gasteiger partial charge is 0.384 e. The minimum Gasteiger partial charge on any atom is -0.384 e. The van der Waals surface area contributed by atoms with E-state index in [9.17, 15) is 5.11 Å². The molecule has 1 aromatic carbocycles. The summed E-state index contributed by atoms with van der Waals surface area (Å²) in [6, 6.07) is 6.03. The zero-order valence-electron chi connectivity index (χ0n) is 8.96.